The van der Waals surface area contributed by atoms with Crippen LogP contribution in [0.4, 0.5) is 5.95 Å². The van der Waals surface area contributed by atoms with E-state index in [-0.39, 0.29) is 11.7 Å². The minimum atomic E-state index is -0.212. The highest BCUT2D eigenvalue weighted by Gasteiger charge is 2.14. The van der Waals surface area contributed by atoms with Crippen molar-refractivity contribution in [2.75, 3.05) is 11.9 Å². The first-order valence-corrected chi connectivity index (χ1v) is 9.51. The molecule has 0 amide bonds. The first-order valence-electron chi connectivity index (χ1n) is 9.51. The van der Waals surface area contributed by atoms with Crippen molar-refractivity contribution in [2.24, 2.45) is 0 Å². The van der Waals surface area contributed by atoms with Crippen LogP contribution in [0.3, 0.4) is 0 Å². The van der Waals surface area contributed by atoms with Gasteiger partial charge in [-0.05, 0) is 43.7 Å². The van der Waals surface area contributed by atoms with Gasteiger partial charge in [0.05, 0.1) is 18.0 Å². The van der Waals surface area contributed by atoms with E-state index in [1.54, 1.807) is 10.9 Å². The molecule has 0 bridgehead atoms. The van der Waals surface area contributed by atoms with E-state index in [1.165, 1.54) is 0 Å². The number of ether oxygens (including phenoxy) is 1. The summed E-state index contributed by atoms with van der Waals surface area (Å²) in [5.74, 6) is 1.31. The first-order chi connectivity index (χ1) is 14.0. The molecule has 2 heterocycles. The molecule has 2 aromatic carbocycles. The quantitative estimate of drug-likeness (QED) is 0.546. The standard InChI is InChI=1S/C22H23N5O2/c1-15(2)29-18-11-7-8-16(12-18)14-26(3)22-24-20-19(21(28)25-22)13-23-27(20)17-9-5-4-6-10-17/h4-13,15H,14H2,1-3H3,(H,24,25,28). The third-order valence-corrected chi connectivity index (χ3v) is 4.48. The predicted octanol–water partition coefficient (Wildman–Crippen LogP) is 3.53. The van der Waals surface area contributed by atoms with E-state index in [0.717, 1.165) is 17.0 Å². The zero-order chi connectivity index (χ0) is 20.4. The Labute approximate surface area is 168 Å². The van der Waals surface area contributed by atoms with Crippen LogP contribution < -0.4 is 15.2 Å². The molecule has 0 aliphatic heterocycles. The summed E-state index contributed by atoms with van der Waals surface area (Å²) in [6, 6.07) is 17.6. The van der Waals surface area contributed by atoms with Crippen LogP contribution >= 0.6 is 0 Å². The number of aromatic nitrogens is 4. The summed E-state index contributed by atoms with van der Waals surface area (Å²) >= 11 is 0. The Hall–Kier alpha value is -3.61. The lowest BCUT2D eigenvalue weighted by atomic mass is 10.2. The van der Waals surface area contributed by atoms with Crippen LogP contribution in [0.25, 0.3) is 16.7 Å². The van der Waals surface area contributed by atoms with Crippen LogP contribution in [0, 0.1) is 0 Å². The number of nitrogens with zero attached hydrogens (tertiary/aromatic N) is 4. The molecule has 0 radical (unpaired) electrons. The third-order valence-electron chi connectivity index (χ3n) is 4.48. The van der Waals surface area contributed by atoms with Crippen molar-refractivity contribution in [3.63, 3.8) is 0 Å². The molecule has 0 fully saturated rings. The lowest BCUT2D eigenvalue weighted by Crippen LogP contribution is -2.23. The lowest BCUT2D eigenvalue weighted by molar-refractivity contribution is 0.242. The van der Waals surface area contributed by atoms with E-state index < -0.39 is 0 Å². The first kappa shape index (κ1) is 18.7. The van der Waals surface area contributed by atoms with E-state index >= 15 is 0 Å². The Morgan fingerprint density at radius 3 is 2.69 bits per heavy atom. The van der Waals surface area contributed by atoms with Crippen molar-refractivity contribution in [2.45, 2.75) is 26.5 Å². The molecule has 148 valence electrons. The van der Waals surface area contributed by atoms with Crippen LogP contribution in [0.2, 0.25) is 0 Å². The Kier molecular flexibility index (Phi) is 5.03. The summed E-state index contributed by atoms with van der Waals surface area (Å²) < 4.78 is 7.45. The van der Waals surface area contributed by atoms with Crippen molar-refractivity contribution in [3.05, 3.63) is 76.7 Å². The largest absolute Gasteiger partial charge is 0.491 e. The van der Waals surface area contributed by atoms with Gasteiger partial charge < -0.3 is 9.64 Å². The van der Waals surface area contributed by atoms with Gasteiger partial charge in [-0.25, -0.2) is 4.68 Å². The van der Waals surface area contributed by atoms with Gasteiger partial charge in [-0.1, -0.05) is 30.3 Å². The van der Waals surface area contributed by atoms with Gasteiger partial charge in [-0.2, -0.15) is 10.1 Å². The number of fused-ring (bicyclic) bond motifs is 1. The van der Waals surface area contributed by atoms with Crippen molar-refractivity contribution in [3.8, 4) is 11.4 Å². The fourth-order valence-corrected chi connectivity index (χ4v) is 3.18. The van der Waals surface area contributed by atoms with Crippen LogP contribution in [0.1, 0.15) is 19.4 Å². The van der Waals surface area contributed by atoms with Gasteiger partial charge in [-0.15, -0.1) is 0 Å². The second-order valence-corrected chi connectivity index (χ2v) is 7.19. The predicted molar refractivity (Wildman–Crippen MR) is 114 cm³/mol. The minimum Gasteiger partial charge on any atom is -0.491 e. The Balaban J connectivity index is 1.66. The monoisotopic (exact) mass is 389 g/mol. The zero-order valence-corrected chi connectivity index (χ0v) is 16.7. The molecular formula is C22H23N5O2. The molecule has 29 heavy (non-hydrogen) atoms. The van der Waals surface area contributed by atoms with Gasteiger partial charge in [0.25, 0.3) is 5.56 Å². The van der Waals surface area contributed by atoms with Crippen LogP contribution in [-0.2, 0) is 6.54 Å². The van der Waals surface area contributed by atoms with E-state index in [2.05, 4.69) is 15.1 Å². The Morgan fingerprint density at radius 1 is 1.14 bits per heavy atom. The second-order valence-electron chi connectivity index (χ2n) is 7.19. The fourth-order valence-electron chi connectivity index (χ4n) is 3.18. The highest BCUT2D eigenvalue weighted by atomic mass is 16.5. The SMILES string of the molecule is CC(C)Oc1cccc(CN(C)c2nc3c(cnn3-c3ccccc3)c(=O)[nH]2)c1. The average Bonchev–Trinajstić information content (AvgIpc) is 3.13. The van der Waals surface area contributed by atoms with E-state index in [9.17, 15) is 4.79 Å². The van der Waals surface area contributed by atoms with Gasteiger partial charge in [0.1, 0.15) is 11.1 Å². The summed E-state index contributed by atoms with van der Waals surface area (Å²) in [4.78, 5) is 22.0. The number of para-hydroxylation sites is 1. The molecule has 0 atom stereocenters. The van der Waals surface area contributed by atoms with E-state index in [1.807, 2.05) is 80.4 Å². The number of rotatable bonds is 6. The minimum absolute atomic E-state index is 0.113. The average molecular weight is 389 g/mol. The molecule has 0 aliphatic carbocycles. The lowest BCUT2D eigenvalue weighted by Gasteiger charge is -2.18. The molecule has 0 saturated carbocycles. The summed E-state index contributed by atoms with van der Waals surface area (Å²) in [7, 11) is 1.89. The molecule has 7 heteroatoms. The molecule has 4 aromatic rings. The topological polar surface area (TPSA) is 76.0 Å². The second kappa shape index (κ2) is 7.79. The summed E-state index contributed by atoms with van der Waals surface area (Å²) in [6.07, 6.45) is 1.66. The van der Waals surface area contributed by atoms with Crippen molar-refractivity contribution < 1.29 is 4.74 Å². The molecule has 7 nitrogen and oxygen atoms in total. The number of nitrogens with one attached hydrogen (secondary N) is 1. The third kappa shape index (κ3) is 3.99. The Bertz CT molecular complexity index is 1180. The molecule has 1 N–H and O–H groups in total. The Morgan fingerprint density at radius 2 is 1.93 bits per heavy atom. The van der Waals surface area contributed by atoms with Crippen LogP contribution in [0.5, 0.6) is 5.75 Å². The highest BCUT2D eigenvalue weighted by molar-refractivity contribution is 5.76. The van der Waals surface area contributed by atoms with Gasteiger partial charge >= 0.3 is 0 Å². The molecule has 2 aromatic heterocycles. The van der Waals surface area contributed by atoms with Gasteiger partial charge in [0.2, 0.25) is 5.95 Å². The molecule has 0 saturated heterocycles. The van der Waals surface area contributed by atoms with Crippen molar-refractivity contribution >= 4 is 17.0 Å². The number of H-pyrrole nitrogens is 1. The maximum absolute atomic E-state index is 12.6. The smallest absolute Gasteiger partial charge is 0.263 e. The maximum Gasteiger partial charge on any atom is 0.263 e. The number of anilines is 1. The molecule has 4 rings (SSSR count). The normalized spacial score (nSPS) is 11.2. The number of aromatic amines is 1. The summed E-state index contributed by atoms with van der Waals surface area (Å²) in [5.41, 5.74) is 2.23. The fraction of sp³-hybridized carbons (Fsp3) is 0.227. The number of hydrogen-bond donors (Lipinski definition) is 1. The van der Waals surface area contributed by atoms with Crippen molar-refractivity contribution in [1.29, 1.82) is 0 Å². The summed E-state index contributed by atoms with van der Waals surface area (Å²) in [6.45, 7) is 4.57. The van der Waals surface area contributed by atoms with Gasteiger partial charge in [0.15, 0.2) is 5.65 Å². The molecule has 0 spiro atoms. The van der Waals surface area contributed by atoms with Gasteiger partial charge in [-0.3, -0.25) is 9.78 Å². The molecule has 0 aliphatic rings. The van der Waals surface area contributed by atoms with Crippen LogP contribution in [0.15, 0.2) is 65.6 Å². The number of benzene rings is 2. The molecule has 0 unspecified atom stereocenters. The highest BCUT2D eigenvalue weighted by Crippen LogP contribution is 2.19. The molecular weight excluding hydrogens is 366 g/mol. The zero-order valence-electron chi connectivity index (χ0n) is 16.7. The number of hydrogen-bond acceptors (Lipinski definition) is 5. The van der Waals surface area contributed by atoms with Crippen LogP contribution in [-0.4, -0.2) is 32.9 Å². The van der Waals surface area contributed by atoms with Crippen molar-refractivity contribution in [1.82, 2.24) is 19.7 Å². The van der Waals surface area contributed by atoms with E-state index in [0.29, 0.717) is 23.5 Å². The maximum atomic E-state index is 12.6. The summed E-state index contributed by atoms with van der Waals surface area (Å²) in [5, 5.41) is 4.81. The van der Waals surface area contributed by atoms with E-state index in [4.69, 9.17) is 4.74 Å². The van der Waals surface area contributed by atoms with Gasteiger partial charge in [0, 0.05) is 13.6 Å².